The van der Waals surface area contributed by atoms with E-state index in [4.69, 9.17) is 0 Å². The van der Waals surface area contributed by atoms with E-state index >= 15 is 0 Å². The van der Waals surface area contributed by atoms with Crippen molar-refractivity contribution in [3.05, 3.63) is 46.4 Å². The first-order chi connectivity index (χ1) is 18.3. The predicted octanol–water partition coefficient (Wildman–Crippen LogP) is 7.23. The lowest BCUT2D eigenvalue weighted by Gasteiger charge is -2.59. The molecule has 1 saturated heterocycles. The standard InChI is InChI=1S/C34H44N2OS/c1-21-24-7-5-6-8-28(24)38-29(21)18-31(37)36(4)23-11-14-32(2)22(17-23)9-10-25-26(32)12-16-34-20-35(3)30-19-33(30,34)15-13-27(25)34/h5-9,23,25-27,30H,10-20H2,1-4H3/t23-,25+,26?,27?,30-,32-,33-,34+/m0/s1. The summed E-state index contributed by atoms with van der Waals surface area (Å²) in [6.45, 7) is 6.19. The highest BCUT2D eigenvalue weighted by Gasteiger charge is 2.78. The minimum Gasteiger partial charge on any atom is -0.342 e. The van der Waals surface area contributed by atoms with E-state index < -0.39 is 0 Å². The summed E-state index contributed by atoms with van der Waals surface area (Å²) in [6.07, 6.45) is 15.5. The average Bonchev–Trinajstić information content (AvgIpc) is 3.37. The Kier molecular flexibility index (Phi) is 5.07. The summed E-state index contributed by atoms with van der Waals surface area (Å²) >= 11 is 1.80. The van der Waals surface area contributed by atoms with Crippen LogP contribution in [0.4, 0.5) is 0 Å². The molecule has 1 aromatic carbocycles. The van der Waals surface area contributed by atoms with Crippen molar-refractivity contribution in [2.45, 2.75) is 90.1 Å². The Balaban J connectivity index is 0.998. The summed E-state index contributed by atoms with van der Waals surface area (Å²) in [5, 5.41) is 1.31. The third kappa shape index (κ3) is 2.97. The normalized spacial score (nSPS) is 43.1. The maximum Gasteiger partial charge on any atom is 0.227 e. The molecule has 8 atom stereocenters. The first-order valence-corrected chi connectivity index (χ1v) is 16.2. The number of piperidine rings is 1. The summed E-state index contributed by atoms with van der Waals surface area (Å²) in [6, 6.07) is 9.84. The fraction of sp³-hybridized carbons (Fsp3) is 0.676. The van der Waals surface area contributed by atoms with E-state index in [1.54, 1.807) is 16.9 Å². The van der Waals surface area contributed by atoms with Crippen molar-refractivity contribution in [1.29, 1.82) is 0 Å². The highest BCUT2D eigenvalue weighted by molar-refractivity contribution is 7.19. The Morgan fingerprint density at radius 3 is 2.71 bits per heavy atom. The summed E-state index contributed by atoms with van der Waals surface area (Å²) in [7, 11) is 4.49. The third-order valence-electron chi connectivity index (χ3n) is 13.5. The second kappa shape index (κ2) is 7.97. The van der Waals surface area contributed by atoms with Crippen LogP contribution in [0, 0.1) is 40.9 Å². The van der Waals surface area contributed by atoms with E-state index in [1.165, 1.54) is 72.0 Å². The topological polar surface area (TPSA) is 23.6 Å². The van der Waals surface area contributed by atoms with Crippen LogP contribution >= 0.6 is 11.3 Å². The molecular weight excluding hydrogens is 484 g/mol. The van der Waals surface area contributed by atoms with E-state index in [0.29, 0.717) is 34.6 Å². The first kappa shape index (κ1) is 24.2. The van der Waals surface area contributed by atoms with Crippen LogP contribution in [0.1, 0.15) is 75.2 Å². The fourth-order valence-corrected chi connectivity index (χ4v) is 12.6. The minimum absolute atomic E-state index is 0.294. The smallest absolute Gasteiger partial charge is 0.227 e. The molecule has 0 bridgehead atoms. The lowest BCUT2D eigenvalue weighted by molar-refractivity contribution is -0.132. The number of likely N-dealkylation sites (N-methyl/N-ethyl adjacent to an activating group) is 1. The second-order valence-electron chi connectivity index (χ2n) is 14.5. The summed E-state index contributed by atoms with van der Waals surface area (Å²) in [5.74, 6) is 3.01. The van der Waals surface area contributed by atoms with Crippen LogP contribution in [0.3, 0.4) is 0 Å². The second-order valence-corrected chi connectivity index (χ2v) is 15.6. The van der Waals surface area contributed by atoms with Gasteiger partial charge in [-0.2, -0.15) is 0 Å². The minimum atomic E-state index is 0.294. The van der Waals surface area contributed by atoms with Crippen LogP contribution in [0.5, 0.6) is 0 Å². The number of hydrogen-bond acceptors (Lipinski definition) is 3. The van der Waals surface area contributed by atoms with E-state index in [9.17, 15) is 4.79 Å². The Morgan fingerprint density at radius 2 is 1.89 bits per heavy atom. The Bertz CT molecular complexity index is 1360. The van der Waals surface area contributed by atoms with Crippen LogP contribution in [0.2, 0.25) is 0 Å². The van der Waals surface area contributed by atoms with Crippen LogP contribution in [-0.2, 0) is 11.2 Å². The number of allylic oxidation sites excluding steroid dienone is 1. The van der Waals surface area contributed by atoms with Gasteiger partial charge in [0.15, 0.2) is 0 Å². The molecule has 2 heterocycles. The predicted molar refractivity (Wildman–Crippen MR) is 156 cm³/mol. The molecule has 2 spiro atoms. The lowest BCUT2D eigenvalue weighted by Crippen LogP contribution is -2.53. The molecular formula is C34H44N2OS. The van der Waals surface area contributed by atoms with Gasteiger partial charge in [0.1, 0.15) is 0 Å². The number of carbonyl (C=O) groups excluding carboxylic acids is 1. The van der Waals surface area contributed by atoms with E-state index in [0.717, 1.165) is 36.6 Å². The van der Waals surface area contributed by atoms with Gasteiger partial charge in [-0.05, 0) is 123 Å². The van der Waals surface area contributed by atoms with Gasteiger partial charge in [0, 0.05) is 35.3 Å². The van der Waals surface area contributed by atoms with Crippen molar-refractivity contribution < 1.29 is 4.79 Å². The number of aryl methyl sites for hydroxylation is 1. The zero-order valence-corrected chi connectivity index (χ0v) is 24.6. The van der Waals surface area contributed by atoms with Gasteiger partial charge in [0.2, 0.25) is 5.91 Å². The molecule has 6 aliphatic rings. The van der Waals surface area contributed by atoms with Crippen molar-refractivity contribution in [2.24, 2.45) is 34.0 Å². The van der Waals surface area contributed by atoms with Gasteiger partial charge in [0.05, 0.1) is 6.42 Å². The SMILES string of the molecule is Cc1c(CC(=O)N(C)[C@H]2CC[C@@]3(C)C(=CC[C@H]4C5CC[C@]67C[C@@H]6N(C)C[C@]57CCC43)C2)sc2ccccc12. The van der Waals surface area contributed by atoms with Crippen molar-refractivity contribution in [2.75, 3.05) is 20.6 Å². The number of likely N-dealkylation sites (tertiary alicyclic amines) is 1. The summed E-state index contributed by atoms with van der Waals surface area (Å²) in [5.41, 5.74) is 4.69. The zero-order valence-electron chi connectivity index (χ0n) is 23.8. The summed E-state index contributed by atoms with van der Waals surface area (Å²) in [4.78, 5) is 19.6. The lowest BCUT2D eigenvalue weighted by atomic mass is 9.46. The number of nitrogens with zero attached hydrogens (tertiary/aromatic N) is 2. The van der Waals surface area contributed by atoms with Crippen molar-refractivity contribution in [3.8, 4) is 0 Å². The highest BCUT2D eigenvalue weighted by Crippen LogP contribution is 2.80. The largest absolute Gasteiger partial charge is 0.342 e. The van der Waals surface area contributed by atoms with Crippen LogP contribution < -0.4 is 0 Å². The molecule has 2 unspecified atom stereocenters. The van der Waals surface area contributed by atoms with Crippen molar-refractivity contribution in [1.82, 2.24) is 9.80 Å². The van der Waals surface area contributed by atoms with Crippen molar-refractivity contribution >= 4 is 27.3 Å². The Labute approximate surface area is 232 Å². The monoisotopic (exact) mass is 528 g/mol. The maximum atomic E-state index is 13.5. The number of benzene rings is 1. The first-order valence-electron chi connectivity index (χ1n) is 15.4. The number of thiophene rings is 1. The Morgan fingerprint density at radius 1 is 1.11 bits per heavy atom. The molecule has 1 amide bonds. The fourth-order valence-electron chi connectivity index (χ4n) is 11.4. The van der Waals surface area contributed by atoms with Crippen molar-refractivity contribution in [3.63, 3.8) is 0 Å². The number of fused-ring (bicyclic) bond motifs is 5. The van der Waals surface area contributed by atoms with Gasteiger partial charge in [-0.3, -0.25) is 4.79 Å². The number of amides is 1. The van der Waals surface area contributed by atoms with Gasteiger partial charge in [-0.15, -0.1) is 11.3 Å². The Hall–Kier alpha value is -1.65. The van der Waals surface area contributed by atoms with Gasteiger partial charge in [-0.25, -0.2) is 0 Å². The molecule has 4 saturated carbocycles. The quantitative estimate of drug-likeness (QED) is 0.393. The number of hydrogen-bond donors (Lipinski definition) is 0. The molecule has 38 heavy (non-hydrogen) atoms. The van der Waals surface area contributed by atoms with E-state index in [-0.39, 0.29) is 0 Å². The molecule has 1 aromatic heterocycles. The van der Waals surface area contributed by atoms with Gasteiger partial charge < -0.3 is 9.80 Å². The molecule has 202 valence electrons. The zero-order chi connectivity index (χ0) is 26.0. The van der Waals surface area contributed by atoms with E-state index in [1.807, 2.05) is 0 Å². The maximum absolute atomic E-state index is 13.5. The van der Waals surface area contributed by atoms with Gasteiger partial charge in [0.25, 0.3) is 0 Å². The van der Waals surface area contributed by atoms with E-state index in [2.05, 4.69) is 68.1 Å². The number of carbonyl (C=O) groups is 1. The molecule has 1 aliphatic heterocycles. The molecule has 4 heteroatoms. The highest BCUT2D eigenvalue weighted by atomic mass is 32.1. The van der Waals surface area contributed by atoms with Crippen LogP contribution in [0.15, 0.2) is 35.9 Å². The molecule has 3 nitrogen and oxygen atoms in total. The molecule has 8 rings (SSSR count). The van der Waals surface area contributed by atoms with Gasteiger partial charge in [-0.1, -0.05) is 36.8 Å². The number of rotatable bonds is 3. The summed E-state index contributed by atoms with van der Waals surface area (Å²) < 4.78 is 1.30. The molecule has 2 aromatic rings. The molecule has 5 aliphatic carbocycles. The molecule has 0 radical (unpaired) electrons. The van der Waals surface area contributed by atoms with Crippen LogP contribution in [0.25, 0.3) is 10.1 Å². The molecule has 5 fully saturated rings. The van der Waals surface area contributed by atoms with Gasteiger partial charge >= 0.3 is 0 Å². The molecule has 0 N–H and O–H groups in total. The van der Waals surface area contributed by atoms with Crippen LogP contribution in [-0.4, -0.2) is 48.4 Å². The third-order valence-corrected chi connectivity index (χ3v) is 14.7. The average molecular weight is 529 g/mol.